The highest BCUT2D eigenvalue weighted by atomic mass is 79.9. The largest absolute Gasteiger partial charge is 0.322 e. The van der Waals surface area contributed by atoms with Crippen LogP contribution in [-0.4, -0.2) is 22.7 Å². The predicted molar refractivity (Wildman–Crippen MR) is 104 cm³/mol. The number of imide groups is 1. The van der Waals surface area contributed by atoms with E-state index in [9.17, 15) is 14.4 Å². The van der Waals surface area contributed by atoms with Crippen LogP contribution in [0, 0.1) is 0 Å². The molecule has 2 heterocycles. The fourth-order valence-corrected chi connectivity index (χ4v) is 3.09. The summed E-state index contributed by atoms with van der Waals surface area (Å²) in [6.07, 6.45) is 1.47. The smallest absolute Gasteiger partial charge is 0.284 e. The Morgan fingerprint density at radius 1 is 0.963 bits per heavy atom. The third kappa shape index (κ3) is 3.13. The van der Waals surface area contributed by atoms with Crippen LogP contribution in [0.2, 0.25) is 0 Å². The minimum atomic E-state index is -0.499. The van der Waals surface area contributed by atoms with Gasteiger partial charge in [0.2, 0.25) is 0 Å². The van der Waals surface area contributed by atoms with Crippen molar-refractivity contribution in [3.8, 4) is 0 Å². The van der Waals surface area contributed by atoms with Crippen molar-refractivity contribution in [3.63, 3.8) is 0 Å². The Labute approximate surface area is 163 Å². The van der Waals surface area contributed by atoms with Crippen LogP contribution in [-0.2, 0) is 0 Å². The van der Waals surface area contributed by atoms with Gasteiger partial charge in [0.05, 0.1) is 11.3 Å². The number of carbonyl (C=O) groups excluding carboxylic acids is 3. The highest BCUT2D eigenvalue weighted by Gasteiger charge is 2.37. The minimum absolute atomic E-state index is 0.118. The monoisotopic (exact) mass is 421 g/mol. The molecule has 0 saturated carbocycles. The number of nitrogens with zero attached hydrogens (tertiary/aromatic N) is 2. The molecule has 1 N–H and O–H groups in total. The average molecular weight is 422 g/mol. The van der Waals surface area contributed by atoms with E-state index in [0.29, 0.717) is 16.9 Å². The molecule has 0 bridgehead atoms. The number of fused-ring (bicyclic) bond motifs is 1. The van der Waals surface area contributed by atoms with Crippen LogP contribution in [0.5, 0.6) is 0 Å². The van der Waals surface area contributed by atoms with E-state index < -0.39 is 11.8 Å². The molecule has 1 aliphatic rings. The molecule has 132 valence electrons. The summed E-state index contributed by atoms with van der Waals surface area (Å²) < 4.78 is 0.904. The van der Waals surface area contributed by atoms with Crippen molar-refractivity contribution in [2.75, 3.05) is 10.2 Å². The summed E-state index contributed by atoms with van der Waals surface area (Å²) in [4.78, 5) is 42.7. The molecule has 0 unspecified atom stereocenters. The molecule has 0 fully saturated rings. The van der Waals surface area contributed by atoms with Crippen LogP contribution >= 0.6 is 15.9 Å². The van der Waals surface area contributed by atoms with Crippen LogP contribution < -0.4 is 10.2 Å². The lowest BCUT2D eigenvalue weighted by Gasteiger charge is -2.14. The number of rotatable bonds is 3. The lowest BCUT2D eigenvalue weighted by molar-refractivity contribution is 0.0922. The van der Waals surface area contributed by atoms with Crippen LogP contribution in [0.3, 0.4) is 0 Å². The first-order chi connectivity index (χ1) is 13.0. The zero-order chi connectivity index (χ0) is 19.0. The summed E-state index contributed by atoms with van der Waals surface area (Å²) in [5.41, 5.74) is 1.67. The number of pyridine rings is 1. The van der Waals surface area contributed by atoms with E-state index in [4.69, 9.17) is 0 Å². The summed E-state index contributed by atoms with van der Waals surface area (Å²) in [5, 5.41) is 2.78. The molecule has 1 aliphatic heterocycles. The first kappa shape index (κ1) is 17.1. The Morgan fingerprint density at radius 2 is 1.74 bits per heavy atom. The number of aromatic nitrogens is 1. The number of carbonyl (C=O) groups is 3. The predicted octanol–water partition coefficient (Wildman–Crippen LogP) is 3.90. The van der Waals surface area contributed by atoms with Gasteiger partial charge in [-0.3, -0.25) is 19.4 Å². The van der Waals surface area contributed by atoms with E-state index in [1.165, 1.54) is 12.3 Å². The van der Waals surface area contributed by atoms with Crippen LogP contribution in [0.1, 0.15) is 31.2 Å². The molecule has 2 aromatic carbocycles. The Bertz CT molecular complexity index is 1040. The number of anilines is 2. The van der Waals surface area contributed by atoms with E-state index >= 15 is 0 Å². The van der Waals surface area contributed by atoms with Gasteiger partial charge < -0.3 is 5.32 Å². The van der Waals surface area contributed by atoms with Gasteiger partial charge >= 0.3 is 0 Å². The molecule has 3 amide bonds. The molecular weight excluding hydrogens is 410 g/mol. The van der Waals surface area contributed by atoms with Gasteiger partial charge in [0.15, 0.2) is 0 Å². The second-order valence-electron chi connectivity index (χ2n) is 5.86. The maximum atomic E-state index is 12.6. The Hall–Kier alpha value is -3.32. The molecule has 0 saturated heterocycles. The summed E-state index contributed by atoms with van der Waals surface area (Å²) in [5.74, 6) is -1.29. The van der Waals surface area contributed by atoms with Gasteiger partial charge in [-0.15, -0.1) is 0 Å². The summed E-state index contributed by atoms with van der Waals surface area (Å²) in [6, 6.07) is 16.7. The fourth-order valence-electron chi connectivity index (χ4n) is 2.82. The summed E-state index contributed by atoms with van der Waals surface area (Å²) in [7, 11) is 0. The first-order valence-corrected chi connectivity index (χ1v) is 8.85. The van der Waals surface area contributed by atoms with Crippen molar-refractivity contribution in [3.05, 3.63) is 88.2 Å². The van der Waals surface area contributed by atoms with Crippen LogP contribution in [0.15, 0.2) is 71.3 Å². The normalized spacial score (nSPS) is 12.9. The molecule has 0 spiro atoms. The second-order valence-corrected chi connectivity index (χ2v) is 6.77. The lowest BCUT2D eigenvalue weighted by Crippen LogP contribution is -2.29. The number of hydrogen-bond donors (Lipinski definition) is 1. The highest BCUT2D eigenvalue weighted by Crippen LogP contribution is 2.27. The van der Waals surface area contributed by atoms with Crippen molar-refractivity contribution >= 4 is 45.0 Å². The first-order valence-electron chi connectivity index (χ1n) is 8.05. The van der Waals surface area contributed by atoms with Crippen LogP contribution in [0.25, 0.3) is 0 Å². The van der Waals surface area contributed by atoms with E-state index in [0.717, 1.165) is 9.37 Å². The van der Waals surface area contributed by atoms with Gasteiger partial charge in [-0.05, 0) is 54.6 Å². The quantitative estimate of drug-likeness (QED) is 0.650. The van der Waals surface area contributed by atoms with Crippen molar-refractivity contribution in [2.45, 2.75) is 0 Å². The minimum Gasteiger partial charge on any atom is -0.322 e. The van der Waals surface area contributed by atoms with Gasteiger partial charge in [-0.2, -0.15) is 0 Å². The Kier molecular flexibility index (Phi) is 4.29. The van der Waals surface area contributed by atoms with Crippen LogP contribution in [0.4, 0.5) is 11.4 Å². The van der Waals surface area contributed by atoms with E-state index in [1.807, 2.05) is 12.1 Å². The van der Waals surface area contributed by atoms with Crippen molar-refractivity contribution < 1.29 is 14.4 Å². The number of nitrogens with one attached hydrogen (secondary N) is 1. The lowest BCUT2D eigenvalue weighted by atomic mass is 10.1. The number of amides is 3. The molecule has 0 aliphatic carbocycles. The number of halogens is 1. The third-order valence-corrected chi connectivity index (χ3v) is 4.64. The molecule has 4 rings (SSSR count). The van der Waals surface area contributed by atoms with Crippen molar-refractivity contribution in [2.24, 2.45) is 0 Å². The second kappa shape index (κ2) is 6.77. The van der Waals surface area contributed by atoms with Gasteiger partial charge in [-0.1, -0.05) is 22.0 Å². The SMILES string of the molecule is O=C(Nc1ccc(Br)cc1)c1cccc(N2C(=O)c3cccnc3C2=O)c1. The molecule has 0 atom stereocenters. The van der Waals surface area contributed by atoms with E-state index in [1.54, 1.807) is 42.5 Å². The van der Waals surface area contributed by atoms with Gasteiger partial charge in [0.25, 0.3) is 17.7 Å². The number of benzene rings is 2. The molecule has 27 heavy (non-hydrogen) atoms. The van der Waals surface area contributed by atoms with E-state index in [-0.39, 0.29) is 17.2 Å². The van der Waals surface area contributed by atoms with Gasteiger partial charge in [0, 0.05) is 21.9 Å². The van der Waals surface area contributed by atoms with Crippen molar-refractivity contribution in [1.29, 1.82) is 0 Å². The maximum Gasteiger partial charge on any atom is 0.284 e. The third-order valence-electron chi connectivity index (χ3n) is 4.12. The molecule has 6 nitrogen and oxygen atoms in total. The van der Waals surface area contributed by atoms with Gasteiger partial charge in [-0.25, -0.2) is 4.90 Å². The zero-order valence-corrected chi connectivity index (χ0v) is 15.4. The Morgan fingerprint density at radius 3 is 2.48 bits per heavy atom. The standard InChI is InChI=1S/C20H12BrN3O3/c21-13-6-8-14(9-7-13)23-18(25)12-3-1-4-15(11-12)24-19(26)16-5-2-10-22-17(16)20(24)27/h1-11H,(H,23,25). The highest BCUT2D eigenvalue weighted by molar-refractivity contribution is 9.10. The average Bonchev–Trinajstić information content (AvgIpc) is 2.95. The fraction of sp³-hybridized carbons (Fsp3) is 0. The van der Waals surface area contributed by atoms with Gasteiger partial charge in [0.1, 0.15) is 5.69 Å². The topological polar surface area (TPSA) is 79.4 Å². The molecule has 0 radical (unpaired) electrons. The maximum absolute atomic E-state index is 12.6. The van der Waals surface area contributed by atoms with E-state index in [2.05, 4.69) is 26.2 Å². The molecular formula is C20H12BrN3O3. The Balaban J connectivity index is 1.62. The van der Waals surface area contributed by atoms with Crippen molar-refractivity contribution in [1.82, 2.24) is 4.98 Å². The molecule has 3 aromatic rings. The summed E-state index contributed by atoms with van der Waals surface area (Å²) in [6.45, 7) is 0. The molecule has 7 heteroatoms. The summed E-state index contributed by atoms with van der Waals surface area (Å²) >= 11 is 3.34. The molecule has 1 aromatic heterocycles. The zero-order valence-electron chi connectivity index (χ0n) is 13.8. The number of hydrogen-bond acceptors (Lipinski definition) is 4.